The molecule has 224 valence electrons. The maximum atomic E-state index is 12.8. The summed E-state index contributed by atoms with van der Waals surface area (Å²) in [6, 6.07) is 34.0. The van der Waals surface area contributed by atoms with Crippen molar-refractivity contribution >= 4 is 11.6 Å². The molecule has 1 aliphatic rings. The lowest BCUT2D eigenvalue weighted by Gasteiger charge is -2.43. The second-order valence-electron chi connectivity index (χ2n) is 11.3. The van der Waals surface area contributed by atoms with Gasteiger partial charge in [-0.05, 0) is 54.9 Å². The number of likely N-dealkylation sites (N-methyl/N-ethyl adjacent to an activating group) is 1. The highest BCUT2D eigenvalue weighted by Gasteiger charge is 2.39. The molecule has 0 aliphatic carbocycles. The van der Waals surface area contributed by atoms with Crippen molar-refractivity contribution in [1.29, 1.82) is 0 Å². The van der Waals surface area contributed by atoms with Crippen molar-refractivity contribution in [3.05, 3.63) is 137 Å². The number of benzene rings is 4. The van der Waals surface area contributed by atoms with Gasteiger partial charge in [-0.2, -0.15) is 0 Å². The molecule has 0 unspecified atom stereocenters. The number of aliphatic hydroxyl groups excluding tert-OH is 2. The van der Waals surface area contributed by atoms with Crippen molar-refractivity contribution in [3.63, 3.8) is 0 Å². The summed E-state index contributed by atoms with van der Waals surface area (Å²) >= 11 is 0. The van der Waals surface area contributed by atoms with E-state index in [1.165, 1.54) is 0 Å². The van der Waals surface area contributed by atoms with Crippen LogP contribution in [0.1, 0.15) is 65.0 Å². The molecular formula is C36H40N2O5. The maximum Gasteiger partial charge on any atom is 0.255 e. The number of ether oxygens (including phenoxy) is 2. The van der Waals surface area contributed by atoms with Crippen LogP contribution in [0.25, 0.3) is 0 Å². The van der Waals surface area contributed by atoms with Crippen LogP contribution in [0.3, 0.4) is 0 Å². The van der Waals surface area contributed by atoms with Crippen LogP contribution in [0.4, 0.5) is 5.69 Å². The van der Waals surface area contributed by atoms with E-state index in [0.717, 1.165) is 22.3 Å². The molecule has 0 radical (unpaired) electrons. The minimum atomic E-state index is -0.681. The zero-order chi connectivity index (χ0) is 30.3. The lowest BCUT2D eigenvalue weighted by Crippen LogP contribution is -2.46. The summed E-state index contributed by atoms with van der Waals surface area (Å²) in [5, 5.41) is 23.6. The lowest BCUT2D eigenvalue weighted by atomic mass is 9.89. The van der Waals surface area contributed by atoms with Crippen LogP contribution in [0.15, 0.2) is 109 Å². The van der Waals surface area contributed by atoms with E-state index in [2.05, 4.69) is 17.1 Å². The number of hydrogen-bond acceptors (Lipinski definition) is 6. The molecule has 3 N–H and O–H groups in total. The number of carbonyl (C=O) groups is 1. The van der Waals surface area contributed by atoms with E-state index in [1.807, 2.05) is 111 Å². The Balaban J connectivity index is 1.38. The van der Waals surface area contributed by atoms with E-state index in [9.17, 15) is 15.0 Å². The molecule has 1 saturated heterocycles. The van der Waals surface area contributed by atoms with Crippen molar-refractivity contribution in [2.45, 2.75) is 51.1 Å². The van der Waals surface area contributed by atoms with E-state index < -0.39 is 12.4 Å². The van der Waals surface area contributed by atoms with Gasteiger partial charge in [0.25, 0.3) is 5.91 Å². The van der Waals surface area contributed by atoms with Gasteiger partial charge in [-0.1, -0.05) is 91.9 Å². The fourth-order valence-electron chi connectivity index (χ4n) is 5.50. The Bertz CT molecular complexity index is 1460. The highest BCUT2D eigenvalue weighted by molar-refractivity contribution is 6.04. The third-order valence-corrected chi connectivity index (χ3v) is 8.34. The van der Waals surface area contributed by atoms with Crippen molar-refractivity contribution in [3.8, 4) is 0 Å². The van der Waals surface area contributed by atoms with Crippen molar-refractivity contribution in [1.82, 2.24) is 4.90 Å². The third-order valence-electron chi connectivity index (χ3n) is 8.34. The largest absolute Gasteiger partial charge is 0.392 e. The number of hydrogen-bond donors (Lipinski definition) is 3. The highest BCUT2D eigenvalue weighted by Crippen LogP contribution is 2.42. The van der Waals surface area contributed by atoms with Gasteiger partial charge in [-0.15, -0.1) is 0 Å². The lowest BCUT2D eigenvalue weighted by molar-refractivity contribution is -0.276. The van der Waals surface area contributed by atoms with Crippen molar-refractivity contribution in [2.75, 3.05) is 18.9 Å². The van der Waals surface area contributed by atoms with Crippen LogP contribution in [0.5, 0.6) is 0 Å². The summed E-state index contributed by atoms with van der Waals surface area (Å²) in [7, 11) is 2.00. The molecule has 4 aromatic carbocycles. The van der Waals surface area contributed by atoms with Crippen LogP contribution < -0.4 is 5.32 Å². The standard InChI is InChI=1S/C36H40N2O5/c1-24-32(22-38(3)25(2)33(40)27-11-6-4-7-12-27)42-36(43-34(24)28-19-17-26(23-39)18-20-28)30-15-10-16-31(21-30)37-35(41)29-13-8-5-9-14-29/h4-21,24-25,32-34,36,39-40H,22-23H2,1-3H3,(H,37,41)/t24-,25+,32+,33+,34+,36+/m0/s1. The van der Waals surface area contributed by atoms with Crippen molar-refractivity contribution < 1.29 is 24.5 Å². The van der Waals surface area contributed by atoms with E-state index in [-0.39, 0.29) is 36.7 Å². The van der Waals surface area contributed by atoms with Crippen molar-refractivity contribution in [2.24, 2.45) is 5.92 Å². The summed E-state index contributed by atoms with van der Waals surface area (Å²) in [6.07, 6.45) is -1.83. The van der Waals surface area contributed by atoms with Crippen LogP contribution in [0, 0.1) is 5.92 Å². The maximum absolute atomic E-state index is 12.8. The predicted molar refractivity (Wildman–Crippen MR) is 167 cm³/mol. The smallest absolute Gasteiger partial charge is 0.255 e. The summed E-state index contributed by atoms with van der Waals surface area (Å²) in [5.74, 6) is -0.204. The quantitative estimate of drug-likeness (QED) is 0.205. The average molecular weight is 581 g/mol. The molecule has 0 aromatic heterocycles. The minimum Gasteiger partial charge on any atom is -0.392 e. The molecule has 1 amide bonds. The fraction of sp³-hybridized carbons (Fsp3) is 0.306. The SMILES string of the molecule is C[C@H]1[C@@H](CN(C)[C@H](C)[C@@H](O)c2ccccc2)O[C@@H](c2cccc(NC(=O)c3ccccc3)c2)O[C@H]1c1ccc(CO)cc1. The molecule has 4 aromatic rings. The molecule has 0 bridgehead atoms. The first kappa shape index (κ1) is 30.6. The van der Waals surface area contributed by atoms with Gasteiger partial charge in [0.05, 0.1) is 24.9 Å². The van der Waals surface area contributed by atoms with Gasteiger partial charge in [0, 0.05) is 35.3 Å². The molecule has 6 atom stereocenters. The number of anilines is 1. The van der Waals surface area contributed by atoms with Gasteiger partial charge in [0.15, 0.2) is 6.29 Å². The highest BCUT2D eigenvalue weighted by atomic mass is 16.7. The second kappa shape index (κ2) is 14.1. The monoisotopic (exact) mass is 580 g/mol. The number of amides is 1. The normalized spacial score (nSPS) is 21.7. The van der Waals surface area contributed by atoms with Crippen LogP contribution in [-0.4, -0.2) is 46.8 Å². The van der Waals surface area contributed by atoms with Crippen LogP contribution >= 0.6 is 0 Å². The minimum absolute atomic E-state index is 0.0132. The Morgan fingerprint density at radius 1 is 0.884 bits per heavy atom. The zero-order valence-electron chi connectivity index (χ0n) is 24.8. The predicted octanol–water partition coefficient (Wildman–Crippen LogP) is 6.28. The van der Waals surface area contributed by atoms with Crippen LogP contribution in [-0.2, 0) is 16.1 Å². The number of nitrogens with one attached hydrogen (secondary N) is 1. The van der Waals surface area contributed by atoms with Gasteiger partial charge < -0.3 is 25.0 Å². The molecule has 0 spiro atoms. The first-order valence-electron chi connectivity index (χ1n) is 14.7. The summed E-state index contributed by atoms with van der Waals surface area (Å²) < 4.78 is 13.2. The van der Waals surface area contributed by atoms with E-state index in [1.54, 1.807) is 12.1 Å². The first-order chi connectivity index (χ1) is 20.8. The van der Waals surface area contributed by atoms with Gasteiger partial charge >= 0.3 is 0 Å². The molecule has 43 heavy (non-hydrogen) atoms. The average Bonchev–Trinajstić information content (AvgIpc) is 3.06. The summed E-state index contributed by atoms with van der Waals surface area (Å²) in [4.78, 5) is 14.9. The summed E-state index contributed by atoms with van der Waals surface area (Å²) in [5.41, 5.74) is 4.72. The first-order valence-corrected chi connectivity index (χ1v) is 14.7. The van der Waals surface area contributed by atoms with E-state index >= 15 is 0 Å². The topological polar surface area (TPSA) is 91.3 Å². The molecule has 1 fully saturated rings. The fourth-order valence-corrected chi connectivity index (χ4v) is 5.50. The number of nitrogens with zero attached hydrogens (tertiary/aromatic N) is 1. The molecule has 1 aliphatic heterocycles. The van der Waals surface area contributed by atoms with E-state index in [0.29, 0.717) is 17.8 Å². The van der Waals surface area contributed by atoms with Crippen LogP contribution in [0.2, 0.25) is 0 Å². The molecule has 7 heteroatoms. The Morgan fingerprint density at radius 2 is 1.56 bits per heavy atom. The molecular weight excluding hydrogens is 540 g/mol. The molecule has 7 nitrogen and oxygen atoms in total. The van der Waals surface area contributed by atoms with Gasteiger partial charge in [-0.25, -0.2) is 0 Å². The third kappa shape index (κ3) is 7.39. The van der Waals surface area contributed by atoms with Gasteiger partial charge in [0.2, 0.25) is 0 Å². The number of aliphatic hydroxyl groups is 2. The molecule has 5 rings (SSSR count). The summed E-state index contributed by atoms with van der Waals surface area (Å²) in [6.45, 7) is 4.68. The Labute approximate surface area is 253 Å². The van der Waals surface area contributed by atoms with Gasteiger partial charge in [-0.3, -0.25) is 9.69 Å². The Hall–Kier alpha value is -3.85. The number of rotatable bonds is 10. The zero-order valence-corrected chi connectivity index (χ0v) is 24.8. The Morgan fingerprint density at radius 3 is 2.23 bits per heavy atom. The molecule has 1 heterocycles. The molecule has 0 saturated carbocycles. The number of carbonyl (C=O) groups excluding carboxylic acids is 1. The second-order valence-corrected chi connectivity index (χ2v) is 11.3. The van der Waals surface area contributed by atoms with E-state index in [4.69, 9.17) is 9.47 Å². The Kier molecular flexibility index (Phi) is 10.0. The van der Waals surface area contributed by atoms with Gasteiger partial charge in [0.1, 0.15) is 0 Å².